The Labute approximate surface area is 173 Å². The van der Waals surface area contributed by atoms with Crippen LogP contribution < -0.4 is 11.2 Å². The smallest absolute Gasteiger partial charge is 0.230 e. The highest BCUT2D eigenvalue weighted by Crippen LogP contribution is 2.24. The molecule has 0 spiro atoms. The summed E-state index contributed by atoms with van der Waals surface area (Å²) >= 11 is 1.19. The monoisotopic (exact) mass is 413 g/mol. The van der Waals surface area contributed by atoms with Crippen molar-refractivity contribution in [3.8, 4) is 11.4 Å². The van der Waals surface area contributed by atoms with Gasteiger partial charge < -0.3 is 11.2 Å². The SMILES string of the molecule is CC(C)C[C@H](NC(=O)CSc1nnc(-c2cccc(F)c2)n1N)c1ccccc1. The normalized spacial score (nSPS) is 12.1. The summed E-state index contributed by atoms with van der Waals surface area (Å²) in [6.07, 6.45) is 0.844. The summed E-state index contributed by atoms with van der Waals surface area (Å²) in [6.45, 7) is 4.25. The van der Waals surface area contributed by atoms with E-state index in [-0.39, 0.29) is 23.5 Å². The lowest BCUT2D eigenvalue weighted by molar-refractivity contribution is -0.119. The third kappa shape index (κ3) is 5.57. The molecular formula is C21H24FN5OS. The first-order valence-electron chi connectivity index (χ1n) is 9.37. The zero-order chi connectivity index (χ0) is 20.8. The molecule has 0 unspecified atom stereocenters. The van der Waals surface area contributed by atoms with Crippen LogP contribution in [-0.2, 0) is 4.79 Å². The second-order valence-electron chi connectivity index (χ2n) is 7.14. The average Bonchev–Trinajstić information content (AvgIpc) is 3.07. The summed E-state index contributed by atoms with van der Waals surface area (Å²) in [5.41, 5.74) is 1.60. The second kappa shape index (κ2) is 9.56. The largest absolute Gasteiger partial charge is 0.349 e. The van der Waals surface area contributed by atoms with E-state index in [1.165, 1.54) is 28.6 Å². The van der Waals surface area contributed by atoms with Crippen molar-refractivity contribution in [1.29, 1.82) is 0 Å². The zero-order valence-electron chi connectivity index (χ0n) is 16.4. The Morgan fingerprint density at radius 3 is 2.62 bits per heavy atom. The van der Waals surface area contributed by atoms with Crippen molar-refractivity contribution in [3.63, 3.8) is 0 Å². The average molecular weight is 414 g/mol. The number of carbonyl (C=O) groups excluding carboxylic acids is 1. The van der Waals surface area contributed by atoms with Crippen LogP contribution >= 0.6 is 11.8 Å². The number of benzene rings is 2. The van der Waals surface area contributed by atoms with Gasteiger partial charge in [0.05, 0.1) is 11.8 Å². The highest BCUT2D eigenvalue weighted by Gasteiger charge is 2.18. The molecule has 29 heavy (non-hydrogen) atoms. The highest BCUT2D eigenvalue weighted by molar-refractivity contribution is 7.99. The Morgan fingerprint density at radius 2 is 1.93 bits per heavy atom. The lowest BCUT2D eigenvalue weighted by atomic mass is 9.97. The third-order valence-corrected chi connectivity index (χ3v) is 5.27. The van der Waals surface area contributed by atoms with Gasteiger partial charge in [-0.15, -0.1) is 10.2 Å². The van der Waals surface area contributed by atoms with E-state index in [9.17, 15) is 9.18 Å². The molecule has 1 heterocycles. The minimum Gasteiger partial charge on any atom is -0.349 e. The molecule has 2 aromatic carbocycles. The number of nitrogen functional groups attached to an aromatic ring is 1. The van der Waals surface area contributed by atoms with Gasteiger partial charge in [0.15, 0.2) is 5.82 Å². The van der Waals surface area contributed by atoms with Crippen LogP contribution in [0.15, 0.2) is 59.8 Å². The fourth-order valence-corrected chi connectivity index (χ4v) is 3.67. The number of hydrogen-bond acceptors (Lipinski definition) is 5. The van der Waals surface area contributed by atoms with Crippen molar-refractivity contribution in [1.82, 2.24) is 20.2 Å². The maximum absolute atomic E-state index is 13.4. The molecule has 3 aromatic rings. The van der Waals surface area contributed by atoms with Crippen molar-refractivity contribution in [2.24, 2.45) is 5.92 Å². The number of hydrogen-bond donors (Lipinski definition) is 2. The maximum Gasteiger partial charge on any atom is 0.230 e. The lowest BCUT2D eigenvalue weighted by Gasteiger charge is -2.21. The minimum atomic E-state index is -0.379. The van der Waals surface area contributed by atoms with Gasteiger partial charge >= 0.3 is 0 Å². The van der Waals surface area contributed by atoms with E-state index in [2.05, 4.69) is 29.4 Å². The Hall–Kier alpha value is -2.87. The Balaban J connectivity index is 1.64. The summed E-state index contributed by atoms with van der Waals surface area (Å²) in [6, 6.07) is 15.8. The van der Waals surface area contributed by atoms with Crippen LogP contribution in [0.1, 0.15) is 31.9 Å². The number of thioether (sulfide) groups is 1. The molecule has 1 aromatic heterocycles. The molecule has 0 saturated heterocycles. The molecule has 0 aliphatic carbocycles. The summed E-state index contributed by atoms with van der Waals surface area (Å²) in [5.74, 6) is 6.49. The molecule has 1 amide bonds. The van der Waals surface area contributed by atoms with Crippen LogP contribution in [-0.4, -0.2) is 26.5 Å². The van der Waals surface area contributed by atoms with E-state index < -0.39 is 0 Å². The molecule has 6 nitrogen and oxygen atoms in total. The lowest BCUT2D eigenvalue weighted by Crippen LogP contribution is -2.31. The molecule has 0 aliphatic rings. The van der Waals surface area contributed by atoms with Crippen LogP contribution in [0.4, 0.5) is 4.39 Å². The van der Waals surface area contributed by atoms with Crippen molar-refractivity contribution in [3.05, 3.63) is 66.0 Å². The summed E-state index contributed by atoms with van der Waals surface area (Å²) < 4.78 is 14.7. The predicted octanol–water partition coefficient (Wildman–Crippen LogP) is 3.79. The van der Waals surface area contributed by atoms with E-state index in [1.807, 2.05) is 30.3 Å². The quantitative estimate of drug-likeness (QED) is 0.433. The fraction of sp³-hybridized carbons (Fsp3) is 0.286. The van der Waals surface area contributed by atoms with Crippen LogP contribution in [0, 0.1) is 11.7 Å². The summed E-state index contributed by atoms with van der Waals surface area (Å²) in [5, 5.41) is 11.5. The summed E-state index contributed by atoms with van der Waals surface area (Å²) in [4.78, 5) is 12.5. The molecule has 0 radical (unpaired) electrons. The van der Waals surface area contributed by atoms with Gasteiger partial charge in [-0.3, -0.25) is 4.79 Å². The van der Waals surface area contributed by atoms with Gasteiger partial charge in [0.2, 0.25) is 11.1 Å². The Kier molecular flexibility index (Phi) is 6.87. The van der Waals surface area contributed by atoms with E-state index in [4.69, 9.17) is 5.84 Å². The Morgan fingerprint density at radius 1 is 1.17 bits per heavy atom. The molecule has 0 saturated carbocycles. The highest BCUT2D eigenvalue weighted by atomic mass is 32.2. The van der Waals surface area contributed by atoms with Gasteiger partial charge in [-0.05, 0) is 30.0 Å². The number of amides is 1. The molecular weight excluding hydrogens is 389 g/mol. The van der Waals surface area contributed by atoms with Crippen LogP contribution in [0.2, 0.25) is 0 Å². The number of nitrogens with zero attached hydrogens (tertiary/aromatic N) is 3. The van der Waals surface area contributed by atoms with E-state index >= 15 is 0 Å². The van der Waals surface area contributed by atoms with Gasteiger partial charge in [0.1, 0.15) is 5.82 Å². The van der Waals surface area contributed by atoms with Crippen LogP contribution in [0.5, 0.6) is 0 Å². The van der Waals surface area contributed by atoms with E-state index in [0.717, 1.165) is 12.0 Å². The molecule has 0 aliphatic heterocycles. The number of halogens is 1. The molecule has 1 atom stereocenters. The van der Waals surface area contributed by atoms with Crippen molar-refractivity contribution >= 4 is 17.7 Å². The number of carbonyl (C=O) groups is 1. The molecule has 8 heteroatoms. The number of nitrogens with two attached hydrogens (primary N) is 1. The second-order valence-corrected chi connectivity index (χ2v) is 8.08. The first kappa shape index (κ1) is 20.9. The van der Waals surface area contributed by atoms with Crippen molar-refractivity contribution < 1.29 is 9.18 Å². The standard InChI is InChI=1S/C21H24FN5OS/c1-14(2)11-18(15-7-4-3-5-8-15)24-19(28)13-29-21-26-25-20(27(21)23)16-9-6-10-17(22)12-16/h3-10,12,14,18H,11,13,23H2,1-2H3,(H,24,28)/t18-/m0/s1. The van der Waals surface area contributed by atoms with Gasteiger partial charge in [-0.25, -0.2) is 9.07 Å². The molecule has 3 N–H and O–H groups in total. The van der Waals surface area contributed by atoms with E-state index in [1.54, 1.807) is 12.1 Å². The van der Waals surface area contributed by atoms with Crippen LogP contribution in [0.25, 0.3) is 11.4 Å². The zero-order valence-corrected chi connectivity index (χ0v) is 17.2. The Bertz CT molecular complexity index is 961. The summed E-state index contributed by atoms with van der Waals surface area (Å²) in [7, 11) is 0. The van der Waals surface area contributed by atoms with Gasteiger partial charge in [0.25, 0.3) is 0 Å². The van der Waals surface area contributed by atoms with E-state index in [0.29, 0.717) is 22.5 Å². The molecule has 152 valence electrons. The minimum absolute atomic E-state index is 0.0529. The molecule has 3 rings (SSSR count). The number of aromatic nitrogens is 3. The first-order chi connectivity index (χ1) is 13.9. The number of nitrogens with one attached hydrogen (secondary N) is 1. The predicted molar refractivity (Wildman–Crippen MR) is 113 cm³/mol. The molecule has 0 bridgehead atoms. The number of rotatable bonds is 8. The first-order valence-corrected chi connectivity index (χ1v) is 10.4. The van der Waals surface area contributed by atoms with Gasteiger partial charge in [-0.1, -0.05) is 68.1 Å². The van der Waals surface area contributed by atoms with Crippen LogP contribution in [0.3, 0.4) is 0 Å². The maximum atomic E-state index is 13.4. The topological polar surface area (TPSA) is 85.8 Å². The van der Waals surface area contributed by atoms with Gasteiger partial charge in [0, 0.05) is 5.56 Å². The molecule has 0 fully saturated rings. The van der Waals surface area contributed by atoms with Crippen molar-refractivity contribution in [2.75, 3.05) is 11.6 Å². The van der Waals surface area contributed by atoms with Crippen molar-refractivity contribution in [2.45, 2.75) is 31.5 Å². The fourth-order valence-electron chi connectivity index (χ4n) is 3.00. The van der Waals surface area contributed by atoms with Gasteiger partial charge in [-0.2, -0.15) is 0 Å². The third-order valence-electron chi connectivity index (χ3n) is 4.32.